The van der Waals surface area contributed by atoms with Crippen LogP contribution >= 0.6 is 0 Å². The van der Waals surface area contributed by atoms with E-state index in [4.69, 9.17) is 10.5 Å². The number of hydrogen-bond donors (Lipinski definition) is 2. The molecule has 0 fully saturated rings. The zero-order chi connectivity index (χ0) is 16.9. The number of esters is 1. The van der Waals surface area contributed by atoms with Crippen molar-refractivity contribution < 1.29 is 9.53 Å². The molecule has 5 heteroatoms. The first kappa shape index (κ1) is 19.0. The largest absolute Gasteiger partial charge is 0.461 e. The minimum Gasteiger partial charge on any atom is -0.461 e. The number of guanidine groups is 1. The molecule has 0 aromatic heterocycles. The molecule has 0 atom stereocenters. The molecule has 0 amide bonds. The van der Waals surface area contributed by atoms with Crippen LogP contribution < -0.4 is 11.1 Å². The predicted octanol–water partition coefficient (Wildman–Crippen LogP) is 2.85. The molecule has 0 saturated heterocycles. The van der Waals surface area contributed by atoms with E-state index in [9.17, 15) is 4.79 Å². The van der Waals surface area contributed by atoms with Crippen LogP contribution in [0.15, 0.2) is 35.3 Å². The lowest BCUT2D eigenvalue weighted by molar-refractivity contribution is -0.145. The average molecular weight is 319 g/mol. The topological polar surface area (TPSA) is 76.7 Å². The first-order chi connectivity index (χ1) is 11.1. The number of hydrogen-bond acceptors (Lipinski definition) is 3. The minimum absolute atomic E-state index is 0.166. The Kier molecular flexibility index (Phi) is 9.52. The Labute approximate surface area is 139 Å². The number of nitrogens with one attached hydrogen (secondary N) is 1. The first-order valence-corrected chi connectivity index (χ1v) is 8.31. The molecule has 0 radical (unpaired) electrons. The number of benzene rings is 1. The van der Waals surface area contributed by atoms with Crippen molar-refractivity contribution in [3.05, 3.63) is 35.9 Å². The molecule has 0 aliphatic rings. The van der Waals surface area contributed by atoms with E-state index in [-0.39, 0.29) is 5.97 Å². The minimum atomic E-state index is -0.166. The quantitative estimate of drug-likeness (QED) is 0.301. The van der Waals surface area contributed by atoms with Crippen molar-refractivity contribution in [1.29, 1.82) is 0 Å². The van der Waals surface area contributed by atoms with Crippen LogP contribution in [0.1, 0.15) is 45.1 Å². The van der Waals surface area contributed by atoms with E-state index in [0.717, 1.165) is 31.4 Å². The van der Waals surface area contributed by atoms with Gasteiger partial charge >= 0.3 is 5.97 Å². The molecule has 3 N–H and O–H groups in total. The summed E-state index contributed by atoms with van der Waals surface area (Å²) in [4.78, 5) is 15.9. The molecule has 1 aromatic carbocycles. The molecule has 0 bridgehead atoms. The van der Waals surface area contributed by atoms with E-state index < -0.39 is 0 Å². The average Bonchev–Trinajstić information content (AvgIpc) is 2.53. The summed E-state index contributed by atoms with van der Waals surface area (Å²) in [5.74, 6) is 0.968. The van der Waals surface area contributed by atoms with Crippen LogP contribution in [0.25, 0.3) is 0 Å². The van der Waals surface area contributed by atoms with Gasteiger partial charge in [0.15, 0.2) is 5.96 Å². The van der Waals surface area contributed by atoms with E-state index in [1.807, 2.05) is 30.3 Å². The van der Waals surface area contributed by atoms with Crippen LogP contribution in [0.5, 0.6) is 0 Å². The highest BCUT2D eigenvalue weighted by molar-refractivity contribution is 5.77. The highest BCUT2D eigenvalue weighted by atomic mass is 16.5. The number of ether oxygens (including phenoxy) is 1. The standard InChI is InChI=1S/C18H29N3O2/c1-15(2)11-13-21-18(19)20-12-7-6-10-17(22)23-14-16-8-4-3-5-9-16/h3-5,8-9,15H,6-7,10-14H2,1-2H3,(H3,19,20,21). The smallest absolute Gasteiger partial charge is 0.306 e. The molecule has 0 saturated carbocycles. The van der Waals surface area contributed by atoms with Gasteiger partial charge in [-0.2, -0.15) is 0 Å². The normalized spacial score (nSPS) is 11.5. The number of carbonyl (C=O) groups excluding carboxylic acids is 1. The highest BCUT2D eigenvalue weighted by Gasteiger charge is 2.03. The molecule has 23 heavy (non-hydrogen) atoms. The van der Waals surface area contributed by atoms with Gasteiger partial charge in [0.2, 0.25) is 0 Å². The van der Waals surface area contributed by atoms with Crippen molar-refractivity contribution in [2.24, 2.45) is 16.6 Å². The lowest BCUT2D eigenvalue weighted by Gasteiger charge is -2.07. The third-order valence-corrected chi connectivity index (χ3v) is 3.34. The van der Waals surface area contributed by atoms with Gasteiger partial charge in [0.05, 0.1) is 0 Å². The number of unbranched alkanes of at least 4 members (excludes halogenated alkanes) is 1. The van der Waals surface area contributed by atoms with Crippen molar-refractivity contribution in [1.82, 2.24) is 5.32 Å². The molecule has 1 rings (SSSR count). The van der Waals surface area contributed by atoms with E-state index >= 15 is 0 Å². The molecule has 5 nitrogen and oxygen atoms in total. The summed E-state index contributed by atoms with van der Waals surface area (Å²) in [5.41, 5.74) is 6.77. The predicted molar refractivity (Wildman–Crippen MR) is 94.0 cm³/mol. The summed E-state index contributed by atoms with van der Waals surface area (Å²) in [6, 6.07) is 9.69. The van der Waals surface area contributed by atoms with Gasteiger partial charge in [0.1, 0.15) is 6.61 Å². The molecule has 0 aliphatic carbocycles. The number of aliphatic imine (C=N–C) groups is 1. The number of nitrogens with two attached hydrogens (primary N) is 1. The molecule has 0 spiro atoms. The zero-order valence-electron chi connectivity index (χ0n) is 14.3. The summed E-state index contributed by atoms with van der Waals surface area (Å²) < 4.78 is 5.22. The fourth-order valence-corrected chi connectivity index (χ4v) is 1.94. The van der Waals surface area contributed by atoms with Crippen LogP contribution in [0.3, 0.4) is 0 Å². The Morgan fingerprint density at radius 3 is 2.70 bits per heavy atom. The zero-order valence-corrected chi connectivity index (χ0v) is 14.3. The molecule has 0 unspecified atom stereocenters. The maximum absolute atomic E-state index is 11.6. The van der Waals surface area contributed by atoms with Gasteiger partial charge in [-0.1, -0.05) is 44.2 Å². The van der Waals surface area contributed by atoms with Crippen molar-refractivity contribution in [3.8, 4) is 0 Å². The molecule has 0 heterocycles. The summed E-state index contributed by atoms with van der Waals surface area (Å²) in [6.45, 7) is 6.16. The van der Waals surface area contributed by atoms with Gasteiger partial charge in [-0.25, -0.2) is 0 Å². The Hall–Kier alpha value is -2.04. The second-order valence-electron chi connectivity index (χ2n) is 5.98. The van der Waals surface area contributed by atoms with Gasteiger partial charge < -0.3 is 15.8 Å². The van der Waals surface area contributed by atoms with E-state index in [0.29, 0.717) is 31.4 Å². The Morgan fingerprint density at radius 1 is 1.26 bits per heavy atom. The van der Waals surface area contributed by atoms with Gasteiger partial charge in [-0.15, -0.1) is 0 Å². The first-order valence-electron chi connectivity index (χ1n) is 8.31. The number of carbonyl (C=O) groups is 1. The van der Waals surface area contributed by atoms with Crippen LogP contribution in [-0.4, -0.2) is 25.0 Å². The summed E-state index contributed by atoms with van der Waals surface area (Å²) >= 11 is 0. The van der Waals surface area contributed by atoms with Crippen LogP contribution in [0.2, 0.25) is 0 Å². The van der Waals surface area contributed by atoms with Crippen LogP contribution in [-0.2, 0) is 16.1 Å². The van der Waals surface area contributed by atoms with E-state index in [1.54, 1.807) is 0 Å². The second kappa shape index (κ2) is 11.5. The Bertz CT molecular complexity index is 472. The Balaban J connectivity index is 2.04. The lowest BCUT2D eigenvalue weighted by Crippen LogP contribution is -2.33. The fourth-order valence-electron chi connectivity index (χ4n) is 1.94. The molecular formula is C18H29N3O2. The third kappa shape index (κ3) is 10.3. The molecule has 1 aromatic rings. The maximum Gasteiger partial charge on any atom is 0.306 e. The van der Waals surface area contributed by atoms with Crippen LogP contribution in [0.4, 0.5) is 0 Å². The summed E-state index contributed by atoms with van der Waals surface area (Å²) in [6.07, 6.45) is 3.08. The van der Waals surface area contributed by atoms with Gasteiger partial charge in [0, 0.05) is 19.5 Å². The third-order valence-electron chi connectivity index (χ3n) is 3.34. The molecule has 128 valence electrons. The van der Waals surface area contributed by atoms with Gasteiger partial charge in [-0.05, 0) is 30.7 Å². The van der Waals surface area contributed by atoms with Crippen molar-refractivity contribution in [2.75, 3.05) is 13.1 Å². The van der Waals surface area contributed by atoms with Crippen molar-refractivity contribution in [2.45, 2.75) is 46.1 Å². The summed E-state index contributed by atoms with van der Waals surface area (Å²) in [7, 11) is 0. The molecular weight excluding hydrogens is 290 g/mol. The van der Waals surface area contributed by atoms with Crippen molar-refractivity contribution >= 4 is 11.9 Å². The number of rotatable bonds is 10. The van der Waals surface area contributed by atoms with E-state index in [2.05, 4.69) is 24.2 Å². The second-order valence-corrected chi connectivity index (χ2v) is 5.98. The maximum atomic E-state index is 11.6. The van der Waals surface area contributed by atoms with Gasteiger partial charge in [-0.3, -0.25) is 9.79 Å². The van der Waals surface area contributed by atoms with Crippen LogP contribution in [0, 0.1) is 5.92 Å². The monoisotopic (exact) mass is 319 g/mol. The van der Waals surface area contributed by atoms with Gasteiger partial charge in [0.25, 0.3) is 0 Å². The van der Waals surface area contributed by atoms with Crippen molar-refractivity contribution in [3.63, 3.8) is 0 Å². The lowest BCUT2D eigenvalue weighted by atomic mass is 10.1. The SMILES string of the molecule is CC(C)CCNC(N)=NCCCCC(=O)OCc1ccccc1. The summed E-state index contributed by atoms with van der Waals surface area (Å²) in [5, 5.41) is 3.09. The fraction of sp³-hybridized carbons (Fsp3) is 0.556. The van der Waals surface area contributed by atoms with E-state index in [1.165, 1.54) is 0 Å². The Morgan fingerprint density at radius 2 is 2.00 bits per heavy atom. The highest BCUT2D eigenvalue weighted by Crippen LogP contribution is 2.04. The molecule has 0 aliphatic heterocycles. The number of nitrogens with zero attached hydrogens (tertiary/aromatic N) is 1.